The van der Waals surface area contributed by atoms with Gasteiger partial charge in [-0.15, -0.1) is 0 Å². The summed E-state index contributed by atoms with van der Waals surface area (Å²) in [4.78, 5) is 26.4. The molecule has 2 unspecified atom stereocenters. The van der Waals surface area contributed by atoms with Crippen molar-refractivity contribution in [3.63, 3.8) is 0 Å². The van der Waals surface area contributed by atoms with Gasteiger partial charge in [-0.05, 0) is 24.2 Å². The van der Waals surface area contributed by atoms with E-state index in [2.05, 4.69) is 19.2 Å². The molecule has 2 fully saturated rings. The standard InChI is InChI=1S/C15H26N2O2/c1-10(2)13-14(19)16-9-12(18)17(13)11-7-5-6-8-15(11,3)4/h10-11,13H,5-9H2,1-4H3,(H,16,19). The SMILES string of the molecule is CC(C)C1C(=O)NCC(=O)N1C1CCCCC1(C)C. The van der Waals surface area contributed by atoms with E-state index in [1.54, 1.807) is 0 Å². The van der Waals surface area contributed by atoms with Crippen molar-refractivity contribution >= 4 is 11.8 Å². The Labute approximate surface area is 115 Å². The summed E-state index contributed by atoms with van der Waals surface area (Å²) in [6.07, 6.45) is 4.54. The minimum atomic E-state index is -0.302. The Hall–Kier alpha value is -1.06. The topological polar surface area (TPSA) is 49.4 Å². The first-order chi connectivity index (χ1) is 8.84. The summed E-state index contributed by atoms with van der Waals surface area (Å²) in [5, 5.41) is 2.73. The number of nitrogens with one attached hydrogen (secondary N) is 1. The molecule has 2 atom stereocenters. The van der Waals surface area contributed by atoms with Gasteiger partial charge in [-0.1, -0.05) is 40.5 Å². The third-order valence-corrected chi connectivity index (χ3v) is 4.69. The highest BCUT2D eigenvalue weighted by Gasteiger charge is 2.46. The summed E-state index contributed by atoms with van der Waals surface area (Å²) in [7, 11) is 0. The van der Waals surface area contributed by atoms with E-state index in [4.69, 9.17) is 0 Å². The Morgan fingerprint density at radius 1 is 1.26 bits per heavy atom. The van der Waals surface area contributed by atoms with Gasteiger partial charge in [0.25, 0.3) is 0 Å². The second-order valence-corrected chi connectivity index (χ2v) is 6.96. The maximum atomic E-state index is 12.4. The lowest BCUT2D eigenvalue weighted by atomic mass is 9.71. The van der Waals surface area contributed by atoms with Crippen LogP contribution in [0.2, 0.25) is 0 Å². The summed E-state index contributed by atoms with van der Waals surface area (Å²) >= 11 is 0. The van der Waals surface area contributed by atoms with E-state index in [0.717, 1.165) is 19.3 Å². The van der Waals surface area contributed by atoms with Crippen LogP contribution in [-0.4, -0.2) is 35.3 Å². The largest absolute Gasteiger partial charge is 0.345 e. The van der Waals surface area contributed by atoms with Gasteiger partial charge in [0.2, 0.25) is 11.8 Å². The second kappa shape index (κ2) is 5.14. The average Bonchev–Trinajstić information content (AvgIpc) is 2.31. The van der Waals surface area contributed by atoms with Crippen molar-refractivity contribution in [2.75, 3.05) is 6.54 Å². The van der Waals surface area contributed by atoms with E-state index in [9.17, 15) is 9.59 Å². The number of carbonyl (C=O) groups excluding carboxylic acids is 2. The first kappa shape index (κ1) is 14.4. The Morgan fingerprint density at radius 3 is 2.53 bits per heavy atom. The summed E-state index contributed by atoms with van der Waals surface area (Å²) in [6.45, 7) is 8.66. The van der Waals surface area contributed by atoms with Crippen LogP contribution in [0.5, 0.6) is 0 Å². The predicted molar refractivity (Wildman–Crippen MR) is 74.5 cm³/mol. The van der Waals surface area contributed by atoms with E-state index in [-0.39, 0.29) is 41.8 Å². The molecule has 0 radical (unpaired) electrons. The van der Waals surface area contributed by atoms with Crippen molar-refractivity contribution in [1.29, 1.82) is 0 Å². The van der Waals surface area contributed by atoms with Crippen LogP contribution in [0.25, 0.3) is 0 Å². The van der Waals surface area contributed by atoms with E-state index < -0.39 is 0 Å². The summed E-state index contributed by atoms with van der Waals surface area (Å²) in [5.74, 6) is 0.247. The Bertz CT molecular complexity index is 376. The highest BCUT2D eigenvalue weighted by molar-refractivity contribution is 5.95. The zero-order valence-corrected chi connectivity index (χ0v) is 12.5. The zero-order valence-electron chi connectivity index (χ0n) is 12.5. The van der Waals surface area contributed by atoms with Gasteiger partial charge in [0.15, 0.2) is 0 Å². The maximum absolute atomic E-state index is 12.4. The quantitative estimate of drug-likeness (QED) is 0.830. The van der Waals surface area contributed by atoms with Crippen molar-refractivity contribution < 1.29 is 9.59 Å². The van der Waals surface area contributed by atoms with Crippen LogP contribution in [0, 0.1) is 11.3 Å². The molecule has 0 spiro atoms. The van der Waals surface area contributed by atoms with Crippen molar-refractivity contribution in [2.45, 2.75) is 65.5 Å². The molecule has 108 valence electrons. The molecular formula is C15H26N2O2. The average molecular weight is 266 g/mol. The fourth-order valence-electron chi connectivity index (χ4n) is 3.62. The number of hydrogen-bond donors (Lipinski definition) is 1. The molecule has 1 saturated heterocycles. The van der Waals surface area contributed by atoms with Gasteiger partial charge in [0, 0.05) is 6.04 Å². The molecule has 2 aliphatic rings. The summed E-state index contributed by atoms with van der Waals surface area (Å²) in [5.41, 5.74) is 0.110. The Kier molecular flexibility index (Phi) is 3.88. The molecule has 0 bridgehead atoms. The molecule has 1 heterocycles. The third kappa shape index (κ3) is 2.63. The second-order valence-electron chi connectivity index (χ2n) is 6.96. The fraction of sp³-hybridized carbons (Fsp3) is 0.867. The number of amides is 2. The lowest BCUT2D eigenvalue weighted by molar-refractivity contribution is -0.154. The lowest BCUT2D eigenvalue weighted by Crippen LogP contribution is -2.65. The van der Waals surface area contributed by atoms with E-state index in [0.29, 0.717) is 0 Å². The summed E-state index contributed by atoms with van der Waals surface area (Å²) in [6, 6.07) is -0.101. The van der Waals surface area contributed by atoms with Gasteiger partial charge in [-0.25, -0.2) is 0 Å². The van der Waals surface area contributed by atoms with Crippen molar-refractivity contribution in [2.24, 2.45) is 11.3 Å². The predicted octanol–water partition coefficient (Wildman–Crippen LogP) is 1.94. The van der Waals surface area contributed by atoms with Gasteiger partial charge in [-0.2, -0.15) is 0 Å². The third-order valence-electron chi connectivity index (χ3n) is 4.69. The molecule has 4 heteroatoms. The molecule has 2 amide bonds. The normalized spacial score (nSPS) is 31.5. The molecule has 0 aromatic carbocycles. The molecule has 1 N–H and O–H groups in total. The molecule has 1 aliphatic heterocycles. The van der Waals surface area contributed by atoms with Crippen LogP contribution in [0.3, 0.4) is 0 Å². The van der Waals surface area contributed by atoms with Gasteiger partial charge >= 0.3 is 0 Å². The van der Waals surface area contributed by atoms with Gasteiger partial charge < -0.3 is 10.2 Å². The van der Waals surface area contributed by atoms with Crippen LogP contribution in [0.1, 0.15) is 53.4 Å². The molecule has 0 aromatic heterocycles. The van der Waals surface area contributed by atoms with Crippen LogP contribution in [0.4, 0.5) is 0 Å². The number of carbonyl (C=O) groups is 2. The van der Waals surface area contributed by atoms with Gasteiger partial charge in [-0.3, -0.25) is 9.59 Å². The van der Waals surface area contributed by atoms with Crippen LogP contribution >= 0.6 is 0 Å². The molecule has 4 nitrogen and oxygen atoms in total. The number of nitrogens with zero attached hydrogens (tertiary/aromatic N) is 1. The maximum Gasteiger partial charge on any atom is 0.243 e. The zero-order chi connectivity index (χ0) is 14.2. The van der Waals surface area contributed by atoms with E-state index in [1.807, 2.05) is 18.7 Å². The van der Waals surface area contributed by atoms with Crippen LogP contribution in [-0.2, 0) is 9.59 Å². The fourth-order valence-corrected chi connectivity index (χ4v) is 3.62. The first-order valence-electron chi connectivity index (χ1n) is 7.43. The molecule has 1 saturated carbocycles. The highest BCUT2D eigenvalue weighted by atomic mass is 16.2. The molecular weight excluding hydrogens is 240 g/mol. The van der Waals surface area contributed by atoms with Crippen molar-refractivity contribution in [1.82, 2.24) is 10.2 Å². The minimum Gasteiger partial charge on any atom is -0.345 e. The monoisotopic (exact) mass is 266 g/mol. The minimum absolute atomic E-state index is 0.0102. The molecule has 0 aromatic rings. The lowest BCUT2D eigenvalue weighted by Gasteiger charge is -2.50. The van der Waals surface area contributed by atoms with E-state index >= 15 is 0 Å². The molecule has 19 heavy (non-hydrogen) atoms. The Balaban J connectivity index is 2.31. The van der Waals surface area contributed by atoms with E-state index in [1.165, 1.54) is 6.42 Å². The van der Waals surface area contributed by atoms with Gasteiger partial charge in [0.05, 0.1) is 6.54 Å². The Morgan fingerprint density at radius 2 is 1.95 bits per heavy atom. The highest BCUT2D eigenvalue weighted by Crippen LogP contribution is 2.40. The first-order valence-corrected chi connectivity index (χ1v) is 7.43. The number of rotatable bonds is 2. The number of piperazine rings is 1. The van der Waals surface area contributed by atoms with Crippen LogP contribution < -0.4 is 5.32 Å². The molecule has 1 aliphatic carbocycles. The van der Waals surface area contributed by atoms with Crippen molar-refractivity contribution in [3.05, 3.63) is 0 Å². The summed E-state index contributed by atoms with van der Waals surface area (Å²) < 4.78 is 0. The van der Waals surface area contributed by atoms with Crippen LogP contribution in [0.15, 0.2) is 0 Å². The number of hydrogen-bond acceptors (Lipinski definition) is 2. The van der Waals surface area contributed by atoms with Crippen molar-refractivity contribution in [3.8, 4) is 0 Å². The molecule has 2 rings (SSSR count). The smallest absolute Gasteiger partial charge is 0.243 e. The van der Waals surface area contributed by atoms with Gasteiger partial charge in [0.1, 0.15) is 6.04 Å².